The summed E-state index contributed by atoms with van der Waals surface area (Å²) in [5, 5.41) is 6.81. The van der Waals surface area contributed by atoms with Gasteiger partial charge in [-0.15, -0.1) is 0 Å². The number of hydrogen-bond donors (Lipinski definition) is 3. The molecule has 1 aliphatic rings. The zero-order chi connectivity index (χ0) is 21.4. The number of hydrogen-bond acceptors (Lipinski definition) is 6. The number of nitrogens with zero attached hydrogens (tertiary/aromatic N) is 2. The number of fused-ring (bicyclic) bond motifs is 1. The highest BCUT2D eigenvalue weighted by atomic mass is 19.1. The summed E-state index contributed by atoms with van der Waals surface area (Å²) in [7, 11) is 1.78. The van der Waals surface area contributed by atoms with Gasteiger partial charge >= 0.3 is 6.09 Å². The first-order valence-corrected chi connectivity index (χ1v) is 9.85. The van der Waals surface area contributed by atoms with E-state index >= 15 is 4.39 Å². The van der Waals surface area contributed by atoms with Crippen LogP contribution < -0.4 is 16.4 Å². The molecule has 156 valence electrons. The fourth-order valence-electron chi connectivity index (χ4n) is 3.82. The van der Waals surface area contributed by atoms with Gasteiger partial charge in [0.05, 0.1) is 17.6 Å². The molecule has 0 saturated heterocycles. The number of halogens is 1. The molecule has 1 aliphatic carbocycles. The number of amides is 1. The van der Waals surface area contributed by atoms with Crippen LogP contribution in [0.1, 0.15) is 25.3 Å². The molecule has 30 heavy (non-hydrogen) atoms. The molecule has 0 spiro atoms. The van der Waals surface area contributed by atoms with Crippen LogP contribution in [0.15, 0.2) is 30.7 Å². The van der Waals surface area contributed by atoms with Gasteiger partial charge in [-0.25, -0.2) is 14.2 Å². The van der Waals surface area contributed by atoms with E-state index in [1.54, 1.807) is 31.6 Å². The second-order valence-electron chi connectivity index (χ2n) is 7.78. The molecule has 7 nitrogen and oxygen atoms in total. The Labute approximate surface area is 173 Å². The molecule has 0 atom stereocenters. The SMILES string of the molecule is CNc1cncc(-c2cc3cc(NC(=O)OC4CC(C)C4)ncc3c(N)c2F)c1C. The fourth-order valence-corrected chi connectivity index (χ4v) is 3.82. The van der Waals surface area contributed by atoms with E-state index in [0.29, 0.717) is 33.6 Å². The van der Waals surface area contributed by atoms with Gasteiger partial charge in [0.25, 0.3) is 0 Å². The van der Waals surface area contributed by atoms with Crippen LogP contribution in [0, 0.1) is 18.7 Å². The lowest BCUT2D eigenvalue weighted by Gasteiger charge is -2.31. The van der Waals surface area contributed by atoms with Crippen LogP contribution in [0.3, 0.4) is 0 Å². The van der Waals surface area contributed by atoms with Gasteiger partial charge in [-0.1, -0.05) is 6.92 Å². The predicted octanol–water partition coefficient (Wildman–Crippen LogP) is 4.72. The standard InChI is InChI=1S/C22H24FN5O2/c1-11-4-14(5-11)30-22(29)28-19-7-13-6-15(20(23)21(24)17(13)9-27-19)16-8-26-10-18(25-3)12(16)2/h6-11,14,25H,4-5,24H2,1-3H3,(H,27,28,29). The molecule has 8 heteroatoms. The Morgan fingerprint density at radius 2 is 2.00 bits per heavy atom. The number of carbonyl (C=O) groups excluding carboxylic acids is 1. The Balaban J connectivity index is 1.68. The summed E-state index contributed by atoms with van der Waals surface area (Å²) in [5.41, 5.74) is 8.71. The molecule has 4 N–H and O–H groups in total. The van der Waals surface area contributed by atoms with Crippen LogP contribution in [0.2, 0.25) is 0 Å². The number of nitrogens with two attached hydrogens (primary N) is 1. The number of rotatable bonds is 4. The van der Waals surface area contributed by atoms with Crippen LogP contribution in [0.4, 0.5) is 26.4 Å². The summed E-state index contributed by atoms with van der Waals surface area (Å²) in [4.78, 5) is 20.5. The number of pyridine rings is 2. The minimum absolute atomic E-state index is 0.00171. The predicted molar refractivity (Wildman–Crippen MR) is 116 cm³/mol. The quantitative estimate of drug-likeness (QED) is 0.539. The summed E-state index contributed by atoms with van der Waals surface area (Å²) in [6.45, 7) is 4.01. The molecule has 1 aromatic carbocycles. The maximum atomic E-state index is 15.1. The zero-order valence-corrected chi connectivity index (χ0v) is 17.1. The van der Waals surface area contributed by atoms with Crippen molar-refractivity contribution in [2.75, 3.05) is 23.4 Å². The van der Waals surface area contributed by atoms with E-state index in [0.717, 1.165) is 24.1 Å². The Hall–Kier alpha value is -3.42. The van der Waals surface area contributed by atoms with Gasteiger partial charge in [0.15, 0.2) is 5.82 Å². The summed E-state index contributed by atoms with van der Waals surface area (Å²) in [6.07, 6.45) is 5.89. The van der Waals surface area contributed by atoms with E-state index in [-0.39, 0.29) is 11.8 Å². The number of nitrogens with one attached hydrogen (secondary N) is 2. The average molecular weight is 409 g/mol. The monoisotopic (exact) mass is 409 g/mol. The molecule has 3 aromatic rings. The second kappa shape index (κ2) is 7.78. The van der Waals surface area contributed by atoms with Crippen molar-refractivity contribution in [1.29, 1.82) is 0 Å². The lowest BCUT2D eigenvalue weighted by Crippen LogP contribution is -2.33. The third kappa shape index (κ3) is 3.60. The summed E-state index contributed by atoms with van der Waals surface area (Å²) in [6, 6.07) is 3.35. The molecule has 1 fully saturated rings. The van der Waals surface area contributed by atoms with Crippen molar-refractivity contribution in [3.05, 3.63) is 42.1 Å². The van der Waals surface area contributed by atoms with Gasteiger partial charge < -0.3 is 15.8 Å². The third-order valence-corrected chi connectivity index (χ3v) is 5.61. The molecule has 4 rings (SSSR count). The number of ether oxygens (including phenoxy) is 1. The van der Waals surface area contributed by atoms with E-state index in [9.17, 15) is 4.79 Å². The largest absolute Gasteiger partial charge is 0.446 e. The Morgan fingerprint density at radius 3 is 2.70 bits per heavy atom. The minimum atomic E-state index is -0.546. The first kappa shape index (κ1) is 19.9. The fraction of sp³-hybridized carbons (Fsp3) is 0.318. The minimum Gasteiger partial charge on any atom is -0.446 e. The zero-order valence-electron chi connectivity index (χ0n) is 17.1. The van der Waals surface area contributed by atoms with Crippen LogP contribution in [0.5, 0.6) is 0 Å². The first-order chi connectivity index (χ1) is 14.4. The molecule has 2 heterocycles. The summed E-state index contributed by atoms with van der Waals surface area (Å²) < 4.78 is 20.4. The van der Waals surface area contributed by atoms with Crippen molar-refractivity contribution in [3.8, 4) is 11.1 Å². The van der Waals surface area contributed by atoms with Crippen LogP contribution >= 0.6 is 0 Å². The van der Waals surface area contributed by atoms with Crippen LogP contribution in [-0.4, -0.2) is 29.2 Å². The molecule has 1 amide bonds. The molecule has 2 aromatic heterocycles. The van der Waals surface area contributed by atoms with Gasteiger partial charge in [-0.2, -0.15) is 0 Å². The maximum absolute atomic E-state index is 15.1. The lowest BCUT2D eigenvalue weighted by atomic mass is 9.84. The van der Waals surface area contributed by atoms with Crippen molar-refractivity contribution >= 4 is 34.1 Å². The molecule has 1 saturated carbocycles. The Morgan fingerprint density at radius 1 is 1.23 bits per heavy atom. The van der Waals surface area contributed by atoms with Crippen LogP contribution in [0.25, 0.3) is 21.9 Å². The normalized spacial score (nSPS) is 18.0. The number of anilines is 3. The molecule has 0 radical (unpaired) electrons. The third-order valence-electron chi connectivity index (χ3n) is 5.61. The van der Waals surface area contributed by atoms with Gasteiger partial charge in [0, 0.05) is 36.0 Å². The first-order valence-electron chi connectivity index (χ1n) is 9.85. The van der Waals surface area contributed by atoms with E-state index in [1.807, 2.05) is 6.92 Å². The molecular formula is C22H24FN5O2. The van der Waals surface area contributed by atoms with Crippen molar-refractivity contribution < 1.29 is 13.9 Å². The summed E-state index contributed by atoms with van der Waals surface area (Å²) in [5.74, 6) is 0.370. The number of nitrogen functional groups attached to an aromatic ring is 1. The second-order valence-corrected chi connectivity index (χ2v) is 7.78. The molecule has 0 aliphatic heterocycles. The molecule has 0 unspecified atom stereocenters. The van der Waals surface area contributed by atoms with Crippen molar-refractivity contribution in [2.24, 2.45) is 5.92 Å². The Kier molecular flexibility index (Phi) is 5.15. The van der Waals surface area contributed by atoms with E-state index < -0.39 is 11.9 Å². The smallest absolute Gasteiger partial charge is 0.413 e. The van der Waals surface area contributed by atoms with E-state index in [2.05, 4.69) is 27.5 Å². The highest BCUT2D eigenvalue weighted by Gasteiger charge is 2.28. The van der Waals surface area contributed by atoms with Gasteiger partial charge in [0.1, 0.15) is 11.9 Å². The highest BCUT2D eigenvalue weighted by molar-refractivity contribution is 5.99. The Bertz CT molecular complexity index is 1130. The van der Waals surface area contributed by atoms with Crippen LogP contribution in [-0.2, 0) is 4.74 Å². The topological polar surface area (TPSA) is 102 Å². The highest BCUT2D eigenvalue weighted by Crippen LogP contribution is 2.36. The van der Waals surface area contributed by atoms with E-state index in [4.69, 9.17) is 10.5 Å². The number of aromatic nitrogens is 2. The summed E-state index contributed by atoms with van der Waals surface area (Å²) >= 11 is 0. The molecular weight excluding hydrogens is 385 g/mol. The van der Waals surface area contributed by atoms with E-state index in [1.165, 1.54) is 6.20 Å². The maximum Gasteiger partial charge on any atom is 0.413 e. The van der Waals surface area contributed by atoms with Crippen molar-refractivity contribution in [3.63, 3.8) is 0 Å². The van der Waals surface area contributed by atoms with Gasteiger partial charge in [0.2, 0.25) is 0 Å². The lowest BCUT2D eigenvalue weighted by molar-refractivity contribution is 0.0311. The van der Waals surface area contributed by atoms with Gasteiger partial charge in [-0.05, 0) is 48.8 Å². The average Bonchev–Trinajstić information content (AvgIpc) is 2.70. The van der Waals surface area contributed by atoms with Crippen molar-refractivity contribution in [1.82, 2.24) is 9.97 Å². The number of carbonyl (C=O) groups is 1. The van der Waals surface area contributed by atoms with Crippen molar-refractivity contribution in [2.45, 2.75) is 32.8 Å². The van der Waals surface area contributed by atoms with Gasteiger partial charge in [-0.3, -0.25) is 10.3 Å². The molecule has 0 bridgehead atoms. The number of benzene rings is 1.